The number of benzene rings is 2. The van der Waals surface area contributed by atoms with Crippen LogP contribution in [-0.2, 0) is 0 Å². The van der Waals surface area contributed by atoms with Gasteiger partial charge in [-0.3, -0.25) is 10.1 Å². The number of aromatic nitrogens is 2. The lowest BCUT2D eigenvalue weighted by molar-refractivity contribution is 0.102. The summed E-state index contributed by atoms with van der Waals surface area (Å²) in [7, 11) is 3.09. The Kier molecular flexibility index (Phi) is 4.89. The maximum Gasteiger partial charge on any atom is 0.322 e. The fraction of sp³-hybridized carbons (Fsp3) is 0.105. The second-order valence-electron chi connectivity index (χ2n) is 5.67. The van der Waals surface area contributed by atoms with Crippen LogP contribution in [0.5, 0.6) is 11.5 Å². The molecule has 0 unspecified atom stereocenters. The number of fused-ring (bicyclic) bond motifs is 1. The van der Waals surface area contributed by atoms with Gasteiger partial charge in [0.25, 0.3) is 11.8 Å². The molecule has 0 aliphatic rings. The highest BCUT2D eigenvalue weighted by Gasteiger charge is 2.20. The summed E-state index contributed by atoms with van der Waals surface area (Å²) in [6.07, 6.45) is 0. The van der Waals surface area contributed by atoms with Crippen LogP contribution in [0.2, 0.25) is 5.02 Å². The van der Waals surface area contributed by atoms with Crippen LogP contribution in [0.3, 0.4) is 0 Å². The van der Waals surface area contributed by atoms with Gasteiger partial charge >= 0.3 is 6.01 Å². The van der Waals surface area contributed by atoms with Crippen molar-refractivity contribution in [3.8, 4) is 23.0 Å². The van der Waals surface area contributed by atoms with E-state index < -0.39 is 5.91 Å². The highest BCUT2D eigenvalue weighted by Crippen LogP contribution is 2.36. The minimum absolute atomic E-state index is 0.0357. The summed E-state index contributed by atoms with van der Waals surface area (Å²) in [5.74, 6) is 0.932. The first-order chi connectivity index (χ1) is 13.6. The predicted molar refractivity (Wildman–Crippen MR) is 108 cm³/mol. The van der Waals surface area contributed by atoms with Gasteiger partial charge in [-0.25, -0.2) is 0 Å². The number of thiophene rings is 1. The summed E-state index contributed by atoms with van der Waals surface area (Å²) in [4.78, 5) is 13.0. The first-order valence-electron chi connectivity index (χ1n) is 8.15. The molecule has 0 fully saturated rings. The standard InChI is InChI=1S/C19H14ClN3O4S/c1-25-10-7-8-11(13(9-10)26-2)18-22-23-19(27-18)21-17(24)16-15(20)12-5-3-4-6-14(12)28-16/h3-9H,1-2H3,(H,21,23,24). The fourth-order valence-electron chi connectivity index (χ4n) is 2.67. The first-order valence-corrected chi connectivity index (χ1v) is 9.34. The Balaban J connectivity index is 1.60. The Morgan fingerprint density at radius 3 is 2.71 bits per heavy atom. The van der Waals surface area contributed by atoms with Crippen molar-refractivity contribution in [1.82, 2.24) is 10.2 Å². The number of hydrogen-bond donors (Lipinski definition) is 1. The van der Waals surface area contributed by atoms with Crippen molar-refractivity contribution in [1.29, 1.82) is 0 Å². The van der Waals surface area contributed by atoms with E-state index in [-0.39, 0.29) is 11.9 Å². The van der Waals surface area contributed by atoms with Gasteiger partial charge in [0, 0.05) is 16.2 Å². The minimum Gasteiger partial charge on any atom is -0.497 e. The summed E-state index contributed by atoms with van der Waals surface area (Å²) in [5.41, 5.74) is 0.580. The molecule has 2 heterocycles. The third-order valence-electron chi connectivity index (χ3n) is 4.03. The van der Waals surface area contributed by atoms with Crippen LogP contribution in [0.4, 0.5) is 6.01 Å². The van der Waals surface area contributed by atoms with Crippen LogP contribution in [0.15, 0.2) is 46.9 Å². The van der Waals surface area contributed by atoms with Crippen LogP contribution in [0, 0.1) is 0 Å². The Morgan fingerprint density at radius 2 is 1.96 bits per heavy atom. The van der Waals surface area contributed by atoms with E-state index in [1.165, 1.54) is 18.4 Å². The zero-order valence-electron chi connectivity index (χ0n) is 14.9. The zero-order valence-corrected chi connectivity index (χ0v) is 16.4. The Hall–Kier alpha value is -3.10. The van der Waals surface area contributed by atoms with Crippen LogP contribution in [-0.4, -0.2) is 30.3 Å². The summed E-state index contributed by atoms with van der Waals surface area (Å²) < 4.78 is 17.0. The number of ether oxygens (including phenoxy) is 2. The van der Waals surface area contributed by atoms with E-state index in [1.54, 1.807) is 25.3 Å². The Morgan fingerprint density at radius 1 is 1.14 bits per heavy atom. The Labute approximate surface area is 168 Å². The third-order valence-corrected chi connectivity index (χ3v) is 5.70. The van der Waals surface area contributed by atoms with Crippen molar-refractivity contribution in [2.45, 2.75) is 0 Å². The number of halogens is 1. The molecule has 142 valence electrons. The highest BCUT2D eigenvalue weighted by molar-refractivity contribution is 7.21. The molecule has 2 aromatic heterocycles. The number of methoxy groups -OCH3 is 2. The van der Waals surface area contributed by atoms with Gasteiger partial charge in [-0.15, -0.1) is 16.4 Å². The number of nitrogens with one attached hydrogen (secondary N) is 1. The normalized spacial score (nSPS) is 10.8. The van der Waals surface area contributed by atoms with E-state index >= 15 is 0 Å². The highest BCUT2D eigenvalue weighted by atomic mass is 35.5. The monoisotopic (exact) mass is 415 g/mol. The van der Waals surface area contributed by atoms with E-state index in [2.05, 4.69) is 15.5 Å². The summed E-state index contributed by atoms with van der Waals surface area (Å²) in [6.45, 7) is 0. The molecule has 0 saturated heterocycles. The molecule has 28 heavy (non-hydrogen) atoms. The number of rotatable bonds is 5. The zero-order chi connectivity index (χ0) is 19.7. The van der Waals surface area contributed by atoms with Crippen molar-refractivity contribution in [2.75, 3.05) is 19.5 Å². The number of anilines is 1. The average molecular weight is 416 g/mol. The maximum atomic E-state index is 12.6. The number of hydrogen-bond acceptors (Lipinski definition) is 7. The number of carbonyl (C=O) groups is 1. The molecule has 0 saturated carbocycles. The molecule has 7 nitrogen and oxygen atoms in total. The van der Waals surface area contributed by atoms with Gasteiger partial charge in [-0.05, 0) is 18.2 Å². The van der Waals surface area contributed by atoms with Gasteiger partial charge in [-0.1, -0.05) is 34.9 Å². The molecular formula is C19H14ClN3O4S. The van der Waals surface area contributed by atoms with E-state index in [9.17, 15) is 4.79 Å². The van der Waals surface area contributed by atoms with E-state index in [0.29, 0.717) is 27.0 Å². The summed E-state index contributed by atoms with van der Waals surface area (Å²) in [6, 6.07) is 12.7. The van der Waals surface area contributed by atoms with Crippen molar-refractivity contribution < 1.29 is 18.7 Å². The summed E-state index contributed by atoms with van der Waals surface area (Å²) in [5, 5.41) is 11.7. The first kappa shape index (κ1) is 18.3. The van der Waals surface area contributed by atoms with Crippen LogP contribution in [0.25, 0.3) is 21.5 Å². The number of amides is 1. The fourth-order valence-corrected chi connectivity index (χ4v) is 4.08. The lowest BCUT2D eigenvalue weighted by Gasteiger charge is -2.07. The van der Waals surface area contributed by atoms with Gasteiger partial charge in [0.15, 0.2) is 0 Å². The third kappa shape index (κ3) is 3.28. The summed E-state index contributed by atoms with van der Waals surface area (Å²) >= 11 is 7.64. The maximum absolute atomic E-state index is 12.6. The average Bonchev–Trinajstić information content (AvgIpc) is 3.32. The lowest BCUT2D eigenvalue weighted by Crippen LogP contribution is -2.10. The number of carbonyl (C=O) groups excluding carboxylic acids is 1. The molecule has 0 spiro atoms. The van der Waals surface area contributed by atoms with Gasteiger partial charge in [0.05, 0.1) is 24.8 Å². The van der Waals surface area contributed by atoms with Crippen LogP contribution >= 0.6 is 22.9 Å². The molecule has 2 aromatic carbocycles. The van der Waals surface area contributed by atoms with Gasteiger partial charge < -0.3 is 13.9 Å². The van der Waals surface area contributed by atoms with Crippen LogP contribution in [0.1, 0.15) is 9.67 Å². The molecular weight excluding hydrogens is 402 g/mol. The van der Waals surface area contributed by atoms with Crippen molar-refractivity contribution in [3.05, 3.63) is 52.4 Å². The molecule has 1 N–H and O–H groups in total. The topological polar surface area (TPSA) is 86.5 Å². The quantitative estimate of drug-likeness (QED) is 0.500. The van der Waals surface area contributed by atoms with Gasteiger partial charge in [0.2, 0.25) is 0 Å². The Bertz CT molecular complexity index is 1170. The van der Waals surface area contributed by atoms with Crippen molar-refractivity contribution in [2.24, 2.45) is 0 Å². The smallest absolute Gasteiger partial charge is 0.322 e. The molecule has 0 aliphatic carbocycles. The molecule has 4 aromatic rings. The second kappa shape index (κ2) is 7.49. The SMILES string of the molecule is COc1ccc(-c2nnc(NC(=O)c3sc4ccccc4c3Cl)o2)c(OC)c1. The second-order valence-corrected chi connectivity index (χ2v) is 7.10. The number of nitrogens with zero attached hydrogens (tertiary/aromatic N) is 2. The van der Waals surface area contributed by atoms with Gasteiger partial charge in [0.1, 0.15) is 16.4 Å². The largest absolute Gasteiger partial charge is 0.497 e. The molecule has 0 bridgehead atoms. The van der Waals surface area contributed by atoms with E-state index in [0.717, 1.165) is 10.1 Å². The minimum atomic E-state index is -0.414. The molecule has 0 radical (unpaired) electrons. The van der Waals surface area contributed by atoms with Crippen LogP contribution < -0.4 is 14.8 Å². The molecule has 9 heteroatoms. The predicted octanol–water partition coefficient (Wildman–Crippen LogP) is 4.87. The van der Waals surface area contributed by atoms with Crippen molar-refractivity contribution in [3.63, 3.8) is 0 Å². The molecule has 0 aliphatic heterocycles. The van der Waals surface area contributed by atoms with E-state index in [1.807, 2.05) is 24.3 Å². The van der Waals surface area contributed by atoms with Crippen molar-refractivity contribution >= 4 is 44.9 Å². The van der Waals surface area contributed by atoms with E-state index in [4.69, 9.17) is 25.5 Å². The molecule has 4 rings (SSSR count). The molecule has 1 amide bonds. The van der Waals surface area contributed by atoms with Gasteiger partial charge in [-0.2, -0.15) is 0 Å². The lowest BCUT2D eigenvalue weighted by atomic mass is 10.2. The molecule has 0 atom stereocenters.